The van der Waals surface area contributed by atoms with Gasteiger partial charge in [-0.3, -0.25) is 14.5 Å². The summed E-state index contributed by atoms with van der Waals surface area (Å²) >= 11 is 5.79. The molecule has 1 saturated heterocycles. The zero-order valence-electron chi connectivity index (χ0n) is 24.0. The van der Waals surface area contributed by atoms with E-state index < -0.39 is 12.0 Å². The lowest BCUT2D eigenvalue weighted by Gasteiger charge is -2.24. The van der Waals surface area contributed by atoms with E-state index in [1.807, 2.05) is 53.4 Å². The number of amides is 2. The second-order valence-electron chi connectivity index (χ2n) is 9.71. The Hall–Kier alpha value is -4.44. The van der Waals surface area contributed by atoms with Crippen LogP contribution in [-0.4, -0.2) is 72.7 Å². The van der Waals surface area contributed by atoms with Crippen LogP contribution in [0.15, 0.2) is 72.8 Å². The number of rotatable bonds is 13. The Labute approximate surface area is 251 Å². The van der Waals surface area contributed by atoms with Crippen molar-refractivity contribution >= 4 is 40.8 Å². The van der Waals surface area contributed by atoms with Crippen molar-refractivity contribution in [3.05, 3.63) is 89.5 Å². The van der Waals surface area contributed by atoms with Gasteiger partial charge in [0.05, 0.1) is 32.8 Å². The maximum absolute atomic E-state index is 13.6. The van der Waals surface area contributed by atoms with Crippen LogP contribution in [0.25, 0.3) is 0 Å². The number of anilines is 1. The van der Waals surface area contributed by atoms with E-state index in [2.05, 4.69) is 5.32 Å². The number of nitrogens with one attached hydrogen (secondary N) is 1. The molecule has 42 heavy (non-hydrogen) atoms. The lowest BCUT2D eigenvalue weighted by Crippen LogP contribution is -2.39. The Bertz CT molecular complexity index is 1410. The summed E-state index contributed by atoms with van der Waals surface area (Å²) in [5, 5.41) is 3.25. The van der Waals surface area contributed by atoms with Crippen LogP contribution < -0.4 is 14.8 Å². The number of hydrogen-bond acceptors (Lipinski definition) is 7. The number of methoxy groups -OCH3 is 2. The molecule has 1 fully saturated rings. The van der Waals surface area contributed by atoms with E-state index in [-0.39, 0.29) is 24.8 Å². The molecule has 0 bridgehead atoms. The number of esters is 1. The number of ether oxygens (including phenoxy) is 3. The maximum Gasteiger partial charge on any atom is 0.338 e. The van der Waals surface area contributed by atoms with Crippen LogP contribution in [0.1, 0.15) is 34.8 Å². The highest BCUT2D eigenvalue weighted by molar-refractivity contribution is 7.80. The van der Waals surface area contributed by atoms with Crippen molar-refractivity contribution in [3.8, 4) is 11.5 Å². The normalized spacial score (nSPS) is 14.6. The Morgan fingerprint density at radius 3 is 2.24 bits per heavy atom. The van der Waals surface area contributed by atoms with Gasteiger partial charge in [0, 0.05) is 18.8 Å². The fraction of sp³-hybridized carbons (Fsp3) is 0.312. The van der Waals surface area contributed by atoms with Crippen LogP contribution in [-0.2, 0) is 27.2 Å². The molecule has 1 N–H and O–H groups in total. The van der Waals surface area contributed by atoms with Crippen molar-refractivity contribution < 1.29 is 28.6 Å². The molecule has 1 aliphatic heterocycles. The number of benzene rings is 3. The molecular formula is C32H35N3O6S. The predicted octanol–water partition coefficient (Wildman–Crippen LogP) is 4.49. The van der Waals surface area contributed by atoms with Gasteiger partial charge in [0.2, 0.25) is 5.91 Å². The van der Waals surface area contributed by atoms with Crippen LogP contribution in [0.3, 0.4) is 0 Å². The van der Waals surface area contributed by atoms with Gasteiger partial charge in [0.15, 0.2) is 16.6 Å². The fourth-order valence-electron chi connectivity index (χ4n) is 4.81. The molecular weight excluding hydrogens is 554 g/mol. The summed E-state index contributed by atoms with van der Waals surface area (Å²) in [5.41, 5.74) is 2.98. The third kappa shape index (κ3) is 7.44. The highest BCUT2D eigenvalue weighted by Gasteiger charge is 2.42. The average molecular weight is 590 g/mol. The molecule has 0 aromatic heterocycles. The number of carbonyl (C=O) groups is 3. The minimum atomic E-state index is -0.743. The van der Waals surface area contributed by atoms with Crippen molar-refractivity contribution in [3.63, 3.8) is 0 Å². The number of carbonyl (C=O) groups excluding carboxylic acids is 3. The zero-order valence-corrected chi connectivity index (χ0v) is 24.8. The zero-order chi connectivity index (χ0) is 30.1. The number of hydrogen-bond donors (Lipinski definition) is 1. The van der Waals surface area contributed by atoms with E-state index in [4.69, 9.17) is 26.4 Å². The molecule has 2 amide bonds. The summed E-state index contributed by atoms with van der Waals surface area (Å²) in [6.07, 6.45) is 1.14. The standard InChI is InChI=1S/C32H35N3O6S/c1-4-41-31(38)24-11-13-25(14-12-24)33-29(36)21-26-30(37)35(19-16-22-8-6-5-7-9-22)32(42)34(26)18-17-23-10-15-27(39-2)28(20-23)40-3/h5-15,20,26H,4,16-19,21H2,1-3H3,(H,33,36)/t26-/m1/s1. The van der Waals surface area contributed by atoms with Gasteiger partial charge in [-0.15, -0.1) is 0 Å². The first-order valence-electron chi connectivity index (χ1n) is 13.8. The van der Waals surface area contributed by atoms with E-state index in [9.17, 15) is 14.4 Å². The summed E-state index contributed by atoms with van der Waals surface area (Å²) < 4.78 is 15.8. The van der Waals surface area contributed by atoms with Crippen molar-refractivity contribution in [1.82, 2.24) is 9.80 Å². The molecule has 220 valence electrons. The third-order valence-electron chi connectivity index (χ3n) is 7.02. The summed E-state index contributed by atoms with van der Waals surface area (Å²) in [5.74, 6) is 0.285. The Morgan fingerprint density at radius 1 is 0.881 bits per heavy atom. The van der Waals surface area contributed by atoms with Gasteiger partial charge < -0.3 is 24.4 Å². The largest absolute Gasteiger partial charge is 0.493 e. The first kappa shape index (κ1) is 30.5. The van der Waals surface area contributed by atoms with Crippen molar-refractivity contribution in [2.75, 3.05) is 39.2 Å². The molecule has 3 aromatic rings. The van der Waals surface area contributed by atoms with Crippen LogP contribution in [0, 0.1) is 0 Å². The van der Waals surface area contributed by atoms with Crippen molar-refractivity contribution in [2.45, 2.75) is 32.2 Å². The second kappa shape index (κ2) is 14.5. The fourth-order valence-corrected chi connectivity index (χ4v) is 5.21. The first-order chi connectivity index (χ1) is 20.3. The number of thiocarbonyl (C=S) groups is 1. The lowest BCUT2D eigenvalue weighted by atomic mass is 10.1. The van der Waals surface area contributed by atoms with Crippen LogP contribution in [0.5, 0.6) is 11.5 Å². The van der Waals surface area contributed by atoms with Crippen LogP contribution in [0.4, 0.5) is 5.69 Å². The van der Waals surface area contributed by atoms with E-state index in [0.29, 0.717) is 53.8 Å². The first-order valence-corrected chi connectivity index (χ1v) is 14.2. The highest BCUT2D eigenvalue weighted by atomic mass is 32.1. The van der Waals surface area contributed by atoms with Crippen LogP contribution in [0.2, 0.25) is 0 Å². The summed E-state index contributed by atoms with van der Waals surface area (Å²) in [6.45, 7) is 2.87. The van der Waals surface area contributed by atoms with Gasteiger partial charge in [-0.1, -0.05) is 36.4 Å². The minimum absolute atomic E-state index is 0.0770. The molecule has 0 aliphatic carbocycles. The van der Waals surface area contributed by atoms with E-state index in [1.165, 1.54) is 0 Å². The monoisotopic (exact) mass is 589 g/mol. The maximum atomic E-state index is 13.6. The molecule has 0 saturated carbocycles. The molecule has 1 atom stereocenters. The molecule has 3 aromatic carbocycles. The smallest absolute Gasteiger partial charge is 0.338 e. The second-order valence-corrected chi connectivity index (χ2v) is 10.1. The quantitative estimate of drug-likeness (QED) is 0.230. The molecule has 0 spiro atoms. The topological polar surface area (TPSA) is 97.4 Å². The van der Waals surface area contributed by atoms with Gasteiger partial charge in [-0.2, -0.15) is 0 Å². The summed E-state index contributed by atoms with van der Waals surface area (Å²) in [4.78, 5) is 42.1. The molecule has 0 unspecified atom stereocenters. The van der Waals surface area contributed by atoms with Gasteiger partial charge in [0.25, 0.3) is 5.91 Å². The SMILES string of the molecule is CCOC(=O)c1ccc(NC(=O)C[C@@H]2C(=O)N(CCc3ccccc3)C(=S)N2CCc2ccc(OC)c(OC)c2)cc1. The summed E-state index contributed by atoms with van der Waals surface area (Å²) in [7, 11) is 3.17. The van der Waals surface area contributed by atoms with Gasteiger partial charge in [-0.05, 0) is 79.5 Å². The van der Waals surface area contributed by atoms with E-state index in [1.54, 1.807) is 50.3 Å². The Balaban J connectivity index is 1.48. The van der Waals surface area contributed by atoms with E-state index in [0.717, 1.165) is 11.1 Å². The molecule has 4 rings (SSSR count). The van der Waals surface area contributed by atoms with E-state index >= 15 is 0 Å². The molecule has 9 nitrogen and oxygen atoms in total. The van der Waals surface area contributed by atoms with Gasteiger partial charge in [-0.25, -0.2) is 4.79 Å². The molecule has 1 aliphatic rings. The number of nitrogens with zero attached hydrogens (tertiary/aromatic N) is 2. The lowest BCUT2D eigenvalue weighted by molar-refractivity contribution is -0.130. The third-order valence-corrected chi connectivity index (χ3v) is 7.47. The van der Waals surface area contributed by atoms with Crippen molar-refractivity contribution in [2.24, 2.45) is 0 Å². The Morgan fingerprint density at radius 2 is 1.57 bits per heavy atom. The predicted molar refractivity (Wildman–Crippen MR) is 164 cm³/mol. The summed E-state index contributed by atoms with van der Waals surface area (Å²) in [6, 6.07) is 21.3. The minimum Gasteiger partial charge on any atom is -0.493 e. The van der Waals surface area contributed by atoms with Crippen molar-refractivity contribution in [1.29, 1.82) is 0 Å². The molecule has 1 heterocycles. The molecule has 0 radical (unpaired) electrons. The Kier molecular flexibility index (Phi) is 10.5. The van der Waals surface area contributed by atoms with Crippen LogP contribution >= 0.6 is 12.2 Å². The van der Waals surface area contributed by atoms with Gasteiger partial charge >= 0.3 is 5.97 Å². The van der Waals surface area contributed by atoms with Gasteiger partial charge in [0.1, 0.15) is 6.04 Å². The highest BCUT2D eigenvalue weighted by Crippen LogP contribution is 2.29. The average Bonchev–Trinajstić information content (AvgIpc) is 3.22. The molecule has 10 heteroatoms.